The first-order valence-electron chi connectivity index (χ1n) is 8.35. The molecular weight excluding hydrogens is 412 g/mol. The number of carbonyl (C=O) groups excluding carboxylic acids is 1. The van der Waals surface area contributed by atoms with Crippen LogP contribution in [0.3, 0.4) is 0 Å². The maximum atomic E-state index is 13.2. The van der Waals surface area contributed by atoms with Gasteiger partial charge in [-0.15, -0.1) is 0 Å². The third-order valence-electron chi connectivity index (χ3n) is 3.78. The molecule has 2 aromatic rings. The average molecular weight is 430 g/mol. The SMILES string of the molecule is CCCCOc1ccc(PC(=O)c2c(C(F)(F)F)cccc2C(F)(F)F)cc1.[LiH]. The first-order chi connectivity index (χ1) is 13.0. The second-order valence-electron chi connectivity index (χ2n) is 5.90. The Morgan fingerprint density at radius 2 is 1.45 bits per heavy atom. The van der Waals surface area contributed by atoms with Crippen LogP contribution in [0.5, 0.6) is 5.75 Å². The molecule has 0 aliphatic carbocycles. The van der Waals surface area contributed by atoms with Crippen LogP contribution in [-0.2, 0) is 12.4 Å². The van der Waals surface area contributed by atoms with Crippen LogP contribution in [0.4, 0.5) is 26.3 Å². The van der Waals surface area contributed by atoms with E-state index in [9.17, 15) is 31.1 Å². The minimum atomic E-state index is -5.08. The molecule has 1 unspecified atom stereocenters. The second-order valence-corrected chi connectivity index (χ2v) is 7.19. The fourth-order valence-electron chi connectivity index (χ4n) is 2.43. The molecule has 2 aromatic carbocycles. The second kappa shape index (κ2) is 10.5. The van der Waals surface area contributed by atoms with Crippen LogP contribution in [-0.4, -0.2) is 31.0 Å². The summed E-state index contributed by atoms with van der Waals surface area (Å²) in [7, 11) is -0.889. The van der Waals surface area contributed by atoms with Crippen molar-refractivity contribution in [3.05, 3.63) is 59.2 Å². The topological polar surface area (TPSA) is 26.3 Å². The number of alkyl halides is 6. The molecule has 10 heteroatoms. The van der Waals surface area contributed by atoms with Crippen molar-refractivity contribution in [1.82, 2.24) is 0 Å². The van der Waals surface area contributed by atoms with E-state index in [0.717, 1.165) is 12.8 Å². The van der Waals surface area contributed by atoms with Gasteiger partial charge in [0.15, 0.2) is 5.52 Å². The Bertz CT molecular complexity index is 787. The van der Waals surface area contributed by atoms with E-state index in [1.165, 1.54) is 24.3 Å². The van der Waals surface area contributed by atoms with E-state index in [4.69, 9.17) is 4.74 Å². The Morgan fingerprint density at radius 3 is 1.90 bits per heavy atom. The van der Waals surface area contributed by atoms with Crippen molar-refractivity contribution in [3.8, 4) is 5.75 Å². The quantitative estimate of drug-likeness (QED) is 0.255. The van der Waals surface area contributed by atoms with E-state index in [1.807, 2.05) is 6.92 Å². The molecule has 0 aliphatic heterocycles. The zero-order valence-electron chi connectivity index (χ0n) is 14.7. The van der Waals surface area contributed by atoms with Crippen molar-refractivity contribution in [1.29, 1.82) is 0 Å². The molecule has 0 fully saturated rings. The van der Waals surface area contributed by atoms with Crippen LogP contribution < -0.4 is 10.0 Å². The minimum absolute atomic E-state index is 0. The molecule has 2 rings (SSSR count). The van der Waals surface area contributed by atoms with E-state index >= 15 is 0 Å². The third-order valence-corrected chi connectivity index (χ3v) is 4.88. The molecule has 0 bridgehead atoms. The normalized spacial score (nSPS) is 12.1. The van der Waals surface area contributed by atoms with Gasteiger partial charge in [0.25, 0.3) is 0 Å². The van der Waals surface area contributed by atoms with Crippen molar-refractivity contribution in [3.63, 3.8) is 0 Å². The molecule has 2 nitrogen and oxygen atoms in total. The fourth-order valence-corrected chi connectivity index (χ4v) is 3.42. The standard InChI is InChI=1S/C19H17F6O2P.Li.H/c1-2-3-11-27-12-7-9-13(10-8-12)28-17(26)16-14(18(20,21)22)5-4-6-15(16)19(23,24)25;;/h4-10,28H,2-3,11H2,1H3;;. The van der Waals surface area contributed by atoms with Gasteiger partial charge < -0.3 is 4.74 Å². The molecule has 0 N–H and O–H groups in total. The number of rotatable bonds is 7. The summed E-state index contributed by atoms with van der Waals surface area (Å²) in [6.07, 6.45) is -8.37. The van der Waals surface area contributed by atoms with Gasteiger partial charge in [0.2, 0.25) is 0 Å². The maximum absolute atomic E-state index is 13.2. The number of hydrogen-bond acceptors (Lipinski definition) is 2. The van der Waals surface area contributed by atoms with Gasteiger partial charge in [0.05, 0.1) is 17.7 Å². The van der Waals surface area contributed by atoms with Crippen LogP contribution in [0.15, 0.2) is 42.5 Å². The van der Waals surface area contributed by atoms with Gasteiger partial charge in [-0.1, -0.05) is 31.5 Å². The van der Waals surface area contributed by atoms with Crippen LogP contribution >= 0.6 is 8.58 Å². The van der Waals surface area contributed by atoms with Gasteiger partial charge in [-0.2, -0.15) is 26.3 Å². The zero-order valence-corrected chi connectivity index (χ0v) is 15.7. The molecule has 0 amide bonds. The molecule has 0 heterocycles. The van der Waals surface area contributed by atoms with E-state index < -0.39 is 43.1 Å². The van der Waals surface area contributed by atoms with E-state index in [0.29, 0.717) is 35.9 Å². The van der Waals surface area contributed by atoms with Crippen molar-refractivity contribution in [2.75, 3.05) is 6.61 Å². The summed E-state index contributed by atoms with van der Waals surface area (Å²) in [5, 5.41) is 0.318. The Kier molecular flexibility index (Phi) is 9.27. The number of halogens is 6. The predicted molar refractivity (Wildman–Crippen MR) is 103 cm³/mol. The van der Waals surface area contributed by atoms with E-state index in [-0.39, 0.29) is 18.9 Å². The van der Waals surface area contributed by atoms with Crippen LogP contribution in [0, 0.1) is 0 Å². The summed E-state index contributed by atoms with van der Waals surface area (Å²) in [6, 6.07) is 7.60. The fraction of sp³-hybridized carbons (Fsp3) is 0.316. The summed E-state index contributed by atoms with van der Waals surface area (Å²) in [5.41, 5.74) is -5.73. The average Bonchev–Trinajstić information content (AvgIpc) is 2.61. The summed E-state index contributed by atoms with van der Waals surface area (Å²) in [5.74, 6) is 0.515. The third kappa shape index (κ3) is 7.06. The number of hydrogen-bond donors (Lipinski definition) is 0. The Hall–Kier alpha value is -1.48. The molecule has 0 radical (unpaired) electrons. The summed E-state index contributed by atoms with van der Waals surface area (Å²) in [4.78, 5) is 12.4. The monoisotopic (exact) mass is 430 g/mol. The molecular formula is C19H18F6LiO2P. The van der Waals surface area contributed by atoms with Crippen molar-refractivity contribution < 1.29 is 35.9 Å². The summed E-state index contributed by atoms with van der Waals surface area (Å²) >= 11 is 0. The van der Waals surface area contributed by atoms with Crippen molar-refractivity contribution >= 4 is 38.3 Å². The Morgan fingerprint density at radius 1 is 0.931 bits per heavy atom. The van der Waals surface area contributed by atoms with Gasteiger partial charge >= 0.3 is 31.2 Å². The Labute approximate surface area is 178 Å². The van der Waals surface area contributed by atoms with E-state index in [1.54, 1.807) is 0 Å². The number of carbonyl (C=O) groups is 1. The molecule has 0 saturated heterocycles. The van der Waals surface area contributed by atoms with Gasteiger partial charge in [-0.05, 0) is 44.6 Å². The van der Waals surface area contributed by atoms with Crippen molar-refractivity contribution in [2.45, 2.75) is 32.1 Å². The van der Waals surface area contributed by atoms with Gasteiger partial charge in [-0.25, -0.2) is 0 Å². The molecule has 0 saturated carbocycles. The van der Waals surface area contributed by atoms with Gasteiger partial charge in [0, 0.05) is 5.56 Å². The van der Waals surface area contributed by atoms with Gasteiger partial charge in [-0.3, -0.25) is 4.79 Å². The molecule has 0 aliphatic rings. The van der Waals surface area contributed by atoms with Crippen LogP contribution in [0.1, 0.15) is 41.3 Å². The molecule has 29 heavy (non-hydrogen) atoms. The number of unbranched alkanes of at least 4 members (excludes halogenated alkanes) is 1. The number of benzene rings is 2. The molecule has 154 valence electrons. The van der Waals surface area contributed by atoms with Gasteiger partial charge in [0.1, 0.15) is 5.75 Å². The predicted octanol–water partition coefficient (Wildman–Crippen LogP) is 5.40. The first kappa shape index (κ1) is 25.6. The van der Waals surface area contributed by atoms with Crippen molar-refractivity contribution in [2.24, 2.45) is 0 Å². The van der Waals surface area contributed by atoms with Crippen LogP contribution in [0.25, 0.3) is 0 Å². The molecule has 1 atom stereocenters. The molecule has 0 spiro atoms. The summed E-state index contributed by atoms with van der Waals surface area (Å²) < 4.78 is 84.5. The Balaban J connectivity index is 0.00000420. The molecule has 0 aromatic heterocycles. The van der Waals surface area contributed by atoms with E-state index in [2.05, 4.69) is 0 Å². The summed E-state index contributed by atoms with van der Waals surface area (Å²) in [6.45, 7) is 2.48. The van der Waals surface area contributed by atoms with Crippen LogP contribution in [0.2, 0.25) is 0 Å². The number of ether oxygens (including phenoxy) is 1. The first-order valence-corrected chi connectivity index (χ1v) is 9.35. The zero-order chi connectivity index (χ0) is 20.9.